The summed E-state index contributed by atoms with van der Waals surface area (Å²) in [4.78, 5) is 9.81. The quantitative estimate of drug-likeness (QED) is 0.486. The van der Waals surface area contributed by atoms with Crippen molar-refractivity contribution in [3.05, 3.63) is 0 Å². The summed E-state index contributed by atoms with van der Waals surface area (Å²) in [6.45, 7) is 1.98. The largest absolute Gasteiger partial charge is 0.344 e. The minimum absolute atomic E-state index is 0.316. The molecule has 1 rings (SSSR count). The monoisotopic (exact) mass is 127 g/mol. The maximum atomic E-state index is 9.81. The Morgan fingerprint density at radius 3 is 3.11 bits per heavy atom. The van der Waals surface area contributed by atoms with Gasteiger partial charge in [0, 0.05) is 12.6 Å². The molecule has 1 saturated heterocycles. The van der Waals surface area contributed by atoms with Crippen molar-refractivity contribution in [1.82, 2.24) is 10.6 Å². The molecule has 0 aromatic rings. The second-order valence-corrected chi connectivity index (χ2v) is 2.29. The highest BCUT2D eigenvalue weighted by Gasteiger charge is 2.10. The molecule has 9 heavy (non-hydrogen) atoms. The summed E-state index contributed by atoms with van der Waals surface area (Å²) >= 11 is 0. The minimum atomic E-state index is 0.316. The van der Waals surface area contributed by atoms with Crippen molar-refractivity contribution in [3.63, 3.8) is 0 Å². The standard InChI is InChI=1S/C6H11N2O/c9-5-8-6-2-1-3-7-4-6/h6-7H,1-4H2,(H,8,9)/t6-/m0/s1. The smallest absolute Gasteiger partial charge is 0.309 e. The number of hydrogen-bond donors (Lipinski definition) is 2. The Morgan fingerprint density at radius 1 is 1.67 bits per heavy atom. The van der Waals surface area contributed by atoms with E-state index in [1.165, 1.54) is 0 Å². The predicted molar refractivity (Wildman–Crippen MR) is 34.7 cm³/mol. The van der Waals surface area contributed by atoms with E-state index < -0.39 is 0 Å². The first kappa shape index (κ1) is 6.55. The fourth-order valence-corrected chi connectivity index (χ4v) is 1.06. The van der Waals surface area contributed by atoms with Gasteiger partial charge in [0.15, 0.2) is 0 Å². The van der Waals surface area contributed by atoms with Gasteiger partial charge < -0.3 is 10.6 Å². The zero-order valence-electron chi connectivity index (χ0n) is 5.31. The van der Waals surface area contributed by atoms with Gasteiger partial charge in [-0.3, -0.25) is 4.79 Å². The average Bonchev–Trinajstić information content (AvgIpc) is 1.91. The highest BCUT2D eigenvalue weighted by atomic mass is 16.1. The Morgan fingerprint density at radius 2 is 2.56 bits per heavy atom. The molecule has 0 aromatic carbocycles. The van der Waals surface area contributed by atoms with Crippen LogP contribution in [0.15, 0.2) is 0 Å². The highest BCUT2D eigenvalue weighted by molar-refractivity contribution is 5.47. The van der Waals surface area contributed by atoms with E-state index in [4.69, 9.17) is 0 Å². The van der Waals surface area contributed by atoms with Gasteiger partial charge in [0.25, 0.3) is 0 Å². The van der Waals surface area contributed by atoms with Crippen LogP contribution in [0.1, 0.15) is 12.8 Å². The Labute approximate surface area is 54.8 Å². The van der Waals surface area contributed by atoms with Crippen LogP contribution in [0.3, 0.4) is 0 Å². The van der Waals surface area contributed by atoms with Crippen molar-refractivity contribution >= 4 is 6.41 Å². The van der Waals surface area contributed by atoms with E-state index >= 15 is 0 Å². The highest BCUT2D eigenvalue weighted by Crippen LogP contribution is 1.99. The van der Waals surface area contributed by atoms with E-state index in [9.17, 15) is 4.79 Å². The van der Waals surface area contributed by atoms with Crippen LogP contribution >= 0.6 is 0 Å². The maximum Gasteiger partial charge on any atom is 0.309 e. The lowest BCUT2D eigenvalue weighted by atomic mass is 10.1. The molecule has 1 aliphatic rings. The molecule has 2 N–H and O–H groups in total. The summed E-state index contributed by atoms with van der Waals surface area (Å²) in [6, 6.07) is 0.316. The fraction of sp³-hybridized carbons (Fsp3) is 0.833. The van der Waals surface area contributed by atoms with E-state index in [0.717, 1.165) is 25.9 Å². The van der Waals surface area contributed by atoms with Gasteiger partial charge in [0.2, 0.25) is 0 Å². The minimum Gasteiger partial charge on any atom is -0.344 e. The molecular weight excluding hydrogens is 116 g/mol. The maximum absolute atomic E-state index is 9.81. The van der Waals surface area contributed by atoms with Crippen molar-refractivity contribution in [1.29, 1.82) is 0 Å². The lowest BCUT2D eigenvalue weighted by Crippen LogP contribution is -2.42. The number of nitrogens with one attached hydrogen (secondary N) is 2. The zero-order chi connectivity index (χ0) is 6.53. The van der Waals surface area contributed by atoms with Gasteiger partial charge in [-0.25, -0.2) is 0 Å². The number of hydrogen-bond acceptors (Lipinski definition) is 2. The van der Waals surface area contributed by atoms with Crippen LogP contribution in [0.5, 0.6) is 0 Å². The van der Waals surface area contributed by atoms with Crippen molar-refractivity contribution in [2.45, 2.75) is 18.9 Å². The Kier molecular flexibility index (Phi) is 2.51. The second kappa shape index (κ2) is 3.45. The Bertz CT molecular complexity index is 89.1. The molecule has 3 heteroatoms. The van der Waals surface area contributed by atoms with Crippen LogP contribution in [0, 0.1) is 0 Å². The van der Waals surface area contributed by atoms with Crippen LogP contribution in [0.2, 0.25) is 0 Å². The van der Waals surface area contributed by atoms with Gasteiger partial charge in [-0.2, -0.15) is 0 Å². The van der Waals surface area contributed by atoms with E-state index in [2.05, 4.69) is 10.6 Å². The van der Waals surface area contributed by atoms with Gasteiger partial charge in [0.1, 0.15) is 0 Å². The Balaban J connectivity index is 2.15. The third-order valence-electron chi connectivity index (χ3n) is 1.56. The van der Waals surface area contributed by atoms with Gasteiger partial charge in [-0.05, 0) is 19.4 Å². The van der Waals surface area contributed by atoms with Gasteiger partial charge >= 0.3 is 6.41 Å². The first-order valence-electron chi connectivity index (χ1n) is 3.27. The lowest BCUT2D eigenvalue weighted by molar-refractivity contribution is 0.419. The summed E-state index contributed by atoms with van der Waals surface area (Å²) in [7, 11) is 0. The summed E-state index contributed by atoms with van der Waals surface area (Å²) in [6.07, 6.45) is 3.94. The topological polar surface area (TPSA) is 41.1 Å². The summed E-state index contributed by atoms with van der Waals surface area (Å²) in [5, 5.41) is 5.79. The van der Waals surface area contributed by atoms with E-state index in [1.54, 1.807) is 6.41 Å². The van der Waals surface area contributed by atoms with Crippen LogP contribution in [-0.2, 0) is 4.79 Å². The van der Waals surface area contributed by atoms with Crippen molar-refractivity contribution in [2.24, 2.45) is 0 Å². The van der Waals surface area contributed by atoms with Gasteiger partial charge in [0.05, 0.1) is 0 Å². The number of rotatable bonds is 2. The summed E-state index contributed by atoms with van der Waals surface area (Å²) in [5.41, 5.74) is 0. The molecule has 3 nitrogen and oxygen atoms in total. The van der Waals surface area contributed by atoms with E-state index in [0.29, 0.717) is 6.04 Å². The van der Waals surface area contributed by atoms with Gasteiger partial charge in [-0.1, -0.05) is 0 Å². The van der Waals surface area contributed by atoms with Crippen LogP contribution in [0.25, 0.3) is 0 Å². The molecule has 1 heterocycles. The molecule has 1 fully saturated rings. The van der Waals surface area contributed by atoms with Crippen molar-refractivity contribution < 1.29 is 4.79 Å². The van der Waals surface area contributed by atoms with Crippen molar-refractivity contribution in [3.8, 4) is 0 Å². The van der Waals surface area contributed by atoms with E-state index in [-0.39, 0.29) is 0 Å². The molecule has 0 aromatic heterocycles. The second-order valence-electron chi connectivity index (χ2n) is 2.29. The molecule has 1 aliphatic heterocycles. The molecule has 0 aliphatic carbocycles. The third-order valence-corrected chi connectivity index (χ3v) is 1.56. The number of piperidine rings is 1. The third kappa shape index (κ3) is 2.01. The van der Waals surface area contributed by atoms with Crippen LogP contribution in [-0.4, -0.2) is 25.5 Å². The fourth-order valence-electron chi connectivity index (χ4n) is 1.06. The molecule has 1 atom stereocenters. The first-order chi connectivity index (χ1) is 4.43. The molecule has 0 unspecified atom stereocenters. The molecule has 1 amide bonds. The molecule has 1 radical (unpaired) electrons. The first-order valence-corrected chi connectivity index (χ1v) is 3.27. The average molecular weight is 127 g/mol. The molecule has 0 spiro atoms. The summed E-state index contributed by atoms with van der Waals surface area (Å²) in [5.74, 6) is 0. The van der Waals surface area contributed by atoms with Crippen LogP contribution < -0.4 is 10.6 Å². The predicted octanol–water partition coefficient (Wildman–Crippen LogP) is -0.605. The zero-order valence-corrected chi connectivity index (χ0v) is 5.31. The number of amides is 1. The van der Waals surface area contributed by atoms with Crippen molar-refractivity contribution in [2.75, 3.05) is 13.1 Å². The normalized spacial score (nSPS) is 27.3. The number of carbonyl (C=O) groups excluding carboxylic acids is 1. The Hall–Kier alpha value is -0.570. The molecule has 0 bridgehead atoms. The summed E-state index contributed by atoms with van der Waals surface area (Å²) < 4.78 is 0. The molecule has 51 valence electrons. The molecular formula is C6H11N2O. The van der Waals surface area contributed by atoms with E-state index in [1.807, 2.05) is 0 Å². The van der Waals surface area contributed by atoms with Gasteiger partial charge in [-0.15, -0.1) is 0 Å². The molecule has 0 saturated carbocycles. The lowest BCUT2D eigenvalue weighted by Gasteiger charge is -2.20. The van der Waals surface area contributed by atoms with Crippen LogP contribution in [0.4, 0.5) is 0 Å². The SMILES string of the molecule is O=[C]N[C@H]1CCCNC1.